The van der Waals surface area contributed by atoms with Crippen LogP contribution in [0, 0.1) is 0 Å². The third-order valence-electron chi connectivity index (χ3n) is 2.75. The molecule has 1 saturated carbocycles. The van der Waals surface area contributed by atoms with Crippen molar-refractivity contribution in [3.05, 3.63) is 29.8 Å². The molecule has 0 aromatic heterocycles. The lowest BCUT2D eigenvalue weighted by Gasteiger charge is -2.07. The predicted molar refractivity (Wildman–Crippen MR) is 75.4 cm³/mol. The van der Waals surface area contributed by atoms with E-state index in [0.717, 1.165) is 18.4 Å². The smallest absolute Gasteiger partial charge is 0.241 e. The van der Waals surface area contributed by atoms with Gasteiger partial charge >= 0.3 is 0 Å². The van der Waals surface area contributed by atoms with Crippen molar-refractivity contribution in [3.8, 4) is 0 Å². The van der Waals surface area contributed by atoms with Crippen LogP contribution in [0.3, 0.4) is 0 Å². The summed E-state index contributed by atoms with van der Waals surface area (Å²) in [5.74, 6) is -0.289. The predicted octanol–water partition coefficient (Wildman–Crippen LogP) is 1.14. The highest BCUT2D eigenvalue weighted by Gasteiger charge is 2.24. The Morgan fingerprint density at radius 3 is 2.42 bits per heavy atom. The van der Waals surface area contributed by atoms with Gasteiger partial charge in [0.1, 0.15) is 0 Å². The van der Waals surface area contributed by atoms with E-state index < -0.39 is 10.0 Å². The fourth-order valence-corrected chi connectivity index (χ4v) is 2.86. The second-order valence-corrected chi connectivity index (χ2v) is 6.77. The zero-order chi connectivity index (χ0) is 13.9. The molecule has 0 unspecified atom stereocenters. The largest absolute Gasteiger partial charge is 0.352 e. The van der Waals surface area contributed by atoms with Gasteiger partial charge in [0.2, 0.25) is 15.9 Å². The van der Waals surface area contributed by atoms with Gasteiger partial charge in [-0.05, 0) is 30.5 Å². The third-order valence-corrected chi connectivity index (χ3v) is 4.82. The van der Waals surface area contributed by atoms with Crippen molar-refractivity contribution in [3.63, 3.8) is 0 Å². The van der Waals surface area contributed by atoms with Crippen molar-refractivity contribution >= 4 is 31.9 Å². The van der Waals surface area contributed by atoms with Gasteiger partial charge in [-0.1, -0.05) is 28.1 Å². The Labute approximate surface area is 121 Å². The maximum Gasteiger partial charge on any atom is 0.241 e. The minimum Gasteiger partial charge on any atom is -0.352 e. The molecule has 1 aliphatic rings. The van der Waals surface area contributed by atoms with E-state index in [-0.39, 0.29) is 23.4 Å². The monoisotopic (exact) mass is 346 g/mol. The fourth-order valence-electron chi connectivity index (χ4n) is 1.51. The van der Waals surface area contributed by atoms with Gasteiger partial charge in [-0.15, -0.1) is 0 Å². The number of carbonyl (C=O) groups excluding carboxylic acids is 1. The van der Waals surface area contributed by atoms with E-state index in [9.17, 15) is 13.2 Å². The Morgan fingerprint density at radius 2 is 1.89 bits per heavy atom. The van der Waals surface area contributed by atoms with Crippen molar-refractivity contribution in [2.24, 2.45) is 0 Å². The lowest BCUT2D eigenvalue weighted by molar-refractivity contribution is -0.120. The average molecular weight is 347 g/mol. The van der Waals surface area contributed by atoms with Crippen LogP contribution in [0.5, 0.6) is 0 Å². The molecule has 0 saturated heterocycles. The number of alkyl halides is 1. The molecule has 2 rings (SSSR count). The van der Waals surface area contributed by atoms with Crippen LogP contribution in [0.4, 0.5) is 0 Å². The number of benzene rings is 1. The highest BCUT2D eigenvalue weighted by molar-refractivity contribution is 9.08. The molecule has 1 fully saturated rings. The molecule has 1 aromatic rings. The van der Waals surface area contributed by atoms with Crippen LogP contribution in [-0.4, -0.2) is 26.9 Å². The number of carbonyl (C=O) groups is 1. The summed E-state index contributed by atoms with van der Waals surface area (Å²) in [4.78, 5) is 11.6. The average Bonchev–Trinajstić information content (AvgIpc) is 3.20. The fraction of sp³-hybridized carbons (Fsp3) is 0.417. The maximum absolute atomic E-state index is 11.9. The Hall–Kier alpha value is -0.920. The molecule has 1 aliphatic carbocycles. The molecule has 2 N–H and O–H groups in total. The van der Waals surface area contributed by atoms with Crippen molar-refractivity contribution in [1.29, 1.82) is 0 Å². The third kappa shape index (κ3) is 4.29. The van der Waals surface area contributed by atoms with Crippen LogP contribution in [-0.2, 0) is 20.1 Å². The summed E-state index contributed by atoms with van der Waals surface area (Å²) in [6.07, 6.45) is 1.96. The SMILES string of the molecule is O=C(CNS(=O)(=O)c1ccc(CBr)cc1)NC1CC1. The standard InChI is InChI=1S/C12H15BrN2O3S/c13-7-9-1-5-11(6-2-9)19(17,18)14-8-12(16)15-10-3-4-10/h1-2,5-6,10,14H,3-4,7-8H2,(H,15,16). The normalized spacial score (nSPS) is 15.2. The molecule has 0 radical (unpaired) electrons. The first-order valence-electron chi connectivity index (χ1n) is 5.95. The molecule has 0 heterocycles. The zero-order valence-corrected chi connectivity index (χ0v) is 12.6. The first-order chi connectivity index (χ1) is 9.01. The second-order valence-electron chi connectivity index (χ2n) is 4.44. The molecule has 0 spiro atoms. The molecule has 104 valence electrons. The van der Waals surface area contributed by atoms with Crippen LogP contribution in [0.2, 0.25) is 0 Å². The Kier molecular flexibility index (Phi) is 4.59. The first-order valence-corrected chi connectivity index (χ1v) is 8.55. The molecule has 19 heavy (non-hydrogen) atoms. The Morgan fingerprint density at radius 1 is 1.26 bits per heavy atom. The minimum atomic E-state index is -3.62. The molecule has 0 bridgehead atoms. The number of amides is 1. The summed E-state index contributed by atoms with van der Waals surface area (Å²) in [7, 11) is -3.62. The van der Waals surface area contributed by atoms with Gasteiger partial charge in [0.05, 0.1) is 11.4 Å². The zero-order valence-electron chi connectivity index (χ0n) is 10.2. The van der Waals surface area contributed by atoms with Gasteiger partial charge in [-0.2, -0.15) is 0 Å². The van der Waals surface area contributed by atoms with E-state index in [1.165, 1.54) is 12.1 Å². The maximum atomic E-state index is 11.9. The second kappa shape index (κ2) is 6.02. The van der Waals surface area contributed by atoms with Crippen molar-refractivity contribution in [2.45, 2.75) is 29.1 Å². The van der Waals surface area contributed by atoms with E-state index in [2.05, 4.69) is 26.0 Å². The first kappa shape index (κ1) is 14.5. The summed E-state index contributed by atoms with van der Waals surface area (Å²) in [6.45, 7) is -0.223. The highest BCUT2D eigenvalue weighted by Crippen LogP contribution is 2.18. The quantitative estimate of drug-likeness (QED) is 0.758. The van der Waals surface area contributed by atoms with Crippen molar-refractivity contribution in [2.75, 3.05) is 6.54 Å². The number of hydrogen-bond acceptors (Lipinski definition) is 3. The van der Waals surface area contributed by atoms with E-state index >= 15 is 0 Å². The molecule has 0 aliphatic heterocycles. The van der Waals surface area contributed by atoms with E-state index in [4.69, 9.17) is 0 Å². The number of rotatable bonds is 6. The highest BCUT2D eigenvalue weighted by atomic mass is 79.9. The van der Waals surface area contributed by atoms with Crippen LogP contribution in [0.1, 0.15) is 18.4 Å². The van der Waals surface area contributed by atoms with E-state index in [0.29, 0.717) is 5.33 Å². The van der Waals surface area contributed by atoms with Gasteiger partial charge < -0.3 is 5.32 Å². The van der Waals surface area contributed by atoms with Gasteiger partial charge in [0.15, 0.2) is 0 Å². The van der Waals surface area contributed by atoms with E-state index in [1.54, 1.807) is 12.1 Å². The summed E-state index contributed by atoms with van der Waals surface area (Å²) in [6, 6.07) is 6.74. The summed E-state index contributed by atoms with van der Waals surface area (Å²) < 4.78 is 26.2. The summed E-state index contributed by atoms with van der Waals surface area (Å²) >= 11 is 3.29. The van der Waals surface area contributed by atoms with E-state index in [1.807, 2.05) is 0 Å². The number of hydrogen-bond donors (Lipinski definition) is 2. The molecule has 0 atom stereocenters. The molecule has 1 aromatic carbocycles. The van der Waals surface area contributed by atoms with Gasteiger partial charge in [-0.3, -0.25) is 4.79 Å². The van der Waals surface area contributed by atoms with Crippen molar-refractivity contribution < 1.29 is 13.2 Å². The van der Waals surface area contributed by atoms with Crippen LogP contribution < -0.4 is 10.0 Å². The van der Waals surface area contributed by atoms with Crippen LogP contribution in [0.25, 0.3) is 0 Å². The summed E-state index contributed by atoms with van der Waals surface area (Å²) in [5.41, 5.74) is 0.991. The molecular formula is C12H15BrN2O3S. The Bertz CT molecular complexity index is 553. The van der Waals surface area contributed by atoms with Gasteiger partial charge in [0, 0.05) is 11.4 Å². The van der Waals surface area contributed by atoms with Crippen LogP contribution in [0.15, 0.2) is 29.2 Å². The Balaban J connectivity index is 1.94. The van der Waals surface area contributed by atoms with Gasteiger partial charge in [-0.25, -0.2) is 13.1 Å². The topological polar surface area (TPSA) is 75.3 Å². The lowest BCUT2D eigenvalue weighted by Crippen LogP contribution is -2.37. The number of halogens is 1. The van der Waals surface area contributed by atoms with Gasteiger partial charge in [0.25, 0.3) is 0 Å². The molecule has 5 nitrogen and oxygen atoms in total. The molecule has 1 amide bonds. The minimum absolute atomic E-state index is 0.163. The van der Waals surface area contributed by atoms with Crippen molar-refractivity contribution in [1.82, 2.24) is 10.0 Å². The van der Waals surface area contributed by atoms with Crippen LogP contribution >= 0.6 is 15.9 Å². The molecule has 7 heteroatoms. The summed E-state index contributed by atoms with van der Waals surface area (Å²) in [5, 5.41) is 3.40. The lowest BCUT2D eigenvalue weighted by atomic mass is 10.2. The number of sulfonamides is 1. The molecular weight excluding hydrogens is 332 g/mol. The number of nitrogens with one attached hydrogen (secondary N) is 2.